The number of nitrogens with zero attached hydrogens (tertiary/aromatic N) is 1. The first kappa shape index (κ1) is 14.3. The molecule has 1 heterocycles. The fourth-order valence-corrected chi connectivity index (χ4v) is 5.32. The predicted octanol–water partition coefficient (Wildman–Crippen LogP) is 2.23. The first-order valence-corrected chi connectivity index (χ1v) is 8.79. The zero-order valence-corrected chi connectivity index (χ0v) is 13.0. The molecule has 1 saturated heterocycles. The summed E-state index contributed by atoms with van der Waals surface area (Å²) in [7, 11) is -1.56. The molecule has 6 heteroatoms. The molecule has 4 nitrogen and oxygen atoms in total. The van der Waals surface area contributed by atoms with Crippen molar-refractivity contribution in [3.05, 3.63) is 28.8 Å². The Morgan fingerprint density at radius 2 is 2.20 bits per heavy atom. The number of benzene rings is 1. The highest BCUT2D eigenvalue weighted by Gasteiger charge is 2.44. The summed E-state index contributed by atoms with van der Waals surface area (Å²) in [6.45, 7) is 1.24. The van der Waals surface area contributed by atoms with Gasteiger partial charge in [-0.2, -0.15) is 4.31 Å². The minimum absolute atomic E-state index is 0.202. The number of halogens is 1. The van der Waals surface area contributed by atoms with Crippen LogP contribution in [0.3, 0.4) is 0 Å². The predicted molar refractivity (Wildman–Crippen MR) is 79.2 cm³/mol. The van der Waals surface area contributed by atoms with E-state index in [1.54, 1.807) is 22.5 Å². The average Bonchev–Trinajstić information content (AvgIpc) is 3.04. The van der Waals surface area contributed by atoms with Crippen molar-refractivity contribution < 1.29 is 8.42 Å². The van der Waals surface area contributed by atoms with E-state index in [1.807, 2.05) is 7.05 Å². The smallest absolute Gasteiger partial charge is 0.243 e. The van der Waals surface area contributed by atoms with Gasteiger partial charge in [-0.25, -0.2) is 8.42 Å². The maximum absolute atomic E-state index is 12.8. The van der Waals surface area contributed by atoms with Crippen molar-refractivity contribution in [1.82, 2.24) is 9.62 Å². The van der Waals surface area contributed by atoms with Gasteiger partial charge in [0.1, 0.15) is 0 Å². The van der Waals surface area contributed by atoms with E-state index in [1.165, 1.54) is 6.42 Å². The summed E-state index contributed by atoms with van der Waals surface area (Å²) < 4.78 is 27.2. The molecule has 0 spiro atoms. The summed E-state index contributed by atoms with van der Waals surface area (Å²) in [5.41, 5.74) is 0.819. The van der Waals surface area contributed by atoms with Crippen LogP contribution in [0.2, 0.25) is 5.02 Å². The van der Waals surface area contributed by atoms with E-state index in [9.17, 15) is 8.42 Å². The number of nitrogens with one attached hydrogen (secondary N) is 1. The van der Waals surface area contributed by atoms with Crippen molar-refractivity contribution >= 4 is 21.6 Å². The largest absolute Gasteiger partial charge is 0.316 e. The Hall–Kier alpha value is -0.620. The molecule has 1 aromatic carbocycles. The summed E-state index contributed by atoms with van der Waals surface area (Å²) >= 11 is 6.10. The zero-order valence-electron chi connectivity index (χ0n) is 11.5. The molecule has 3 rings (SSSR count). The molecule has 0 aromatic heterocycles. The molecule has 1 aliphatic heterocycles. The Kier molecular flexibility index (Phi) is 3.79. The number of hydrogen-bond acceptors (Lipinski definition) is 3. The molecule has 2 unspecified atom stereocenters. The van der Waals surface area contributed by atoms with E-state index in [4.69, 9.17) is 11.6 Å². The van der Waals surface area contributed by atoms with Crippen molar-refractivity contribution in [2.75, 3.05) is 13.6 Å². The van der Waals surface area contributed by atoms with Crippen molar-refractivity contribution in [3.8, 4) is 0 Å². The van der Waals surface area contributed by atoms with Crippen LogP contribution in [0.15, 0.2) is 23.1 Å². The number of rotatable bonds is 4. The lowest BCUT2D eigenvalue weighted by atomic mass is 10.1. The van der Waals surface area contributed by atoms with Crippen LogP contribution in [0.5, 0.6) is 0 Å². The number of sulfonamides is 1. The summed E-state index contributed by atoms with van der Waals surface area (Å²) in [6, 6.07) is 5.19. The molecule has 2 bridgehead atoms. The summed E-state index contributed by atoms with van der Waals surface area (Å²) in [4.78, 5) is 0.361. The van der Waals surface area contributed by atoms with E-state index >= 15 is 0 Å². The van der Waals surface area contributed by atoms with Gasteiger partial charge in [0.15, 0.2) is 0 Å². The van der Waals surface area contributed by atoms with Gasteiger partial charge in [-0.05, 0) is 56.0 Å². The van der Waals surface area contributed by atoms with Gasteiger partial charge in [-0.3, -0.25) is 0 Å². The molecule has 1 aliphatic carbocycles. The third-order valence-corrected chi connectivity index (χ3v) is 6.63. The summed E-state index contributed by atoms with van der Waals surface area (Å²) in [5, 5.41) is 3.61. The van der Waals surface area contributed by atoms with E-state index in [-0.39, 0.29) is 6.04 Å². The Labute approximate surface area is 125 Å². The second-order valence-electron chi connectivity index (χ2n) is 5.69. The van der Waals surface area contributed by atoms with Gasteiger partial charge in [0.2, 0.25) is 10.0 Å². The van der Waals surface area contributed by atoms with E-state index in [0.29, 0.717) is 28.9 Å². The second-order valence-corrected chi connectivity index (χ2v) is 7.99. The zero-order chi connectivity index (χ0) is 14.3. The van der Waals surface area contributed by atoms with Crippen LogP contribution in [0.25, 0.3) is 0 Å². The lowest BCUT2D eigenvalue weighted by Gasteiger charge is -2.26. The summed E-state index contributed by atoms with van der Waals surface area (Å²) in [5.74, 6) is 0.554. The Morgan fingerprint density at radius 3 is 2.80 bits per heavy atom. The van der Waals surface area contributed by atoms with Crippen LogP contribution >= 0.6 is 11.6 Å². The third kappa shape index (κ3) is 2.37. The van der Waals surface area contributed by atoms with Crippen molar-refractivity contribution in [2.24, 2.45) is 5.92 Å². The topological polar surface area (TPSA) is 49.4 Å². The maximum Gasteiger partial charge on any atom is 0.243 e. The molecule has 110 valence electrons. The number of fused-ring (bicyclic) bond motifs is 2. The Morgan fingerprint density at radius 1 is 1.40 bits per heavy atom. The molecular weight excluding hydrogens is 296 g/mol. The molecular formula is C14H19ClN2O2S. The lowest BCUT2D eigenvalue weighted by molar-refractivity contribution is 0.333. The van der Waals surface area contributed by atoms with Gasteiger partial charge >= 0.3 is 0 Å². The van der Waals surface area contributed by atoms with Crippen molar-refractivity contribution in [3.63, 3.8) is 0 Å². The van der Waals surface area contributed by atoms with E-state index in [0.717, 1.165) is 18.4 Å². The molecule has 1 saturated carbocycles. The van der Waals surface area contributed by atoms with Gasteiger partial charge in [-0.1, -0.05) is 11.6 Å². The minimum Gasteiger partial charge on any atom is -0.316 e. The van der Waals surface area contributed by atoms with Crippen LogP contribution < -0.4 is 5.32 Å². The SMILES string of the molecule is CNCc1cc(S(=O)(=O)N2CC3CCC2C3)ccc1Cl. The Bertz CT molecular complexity index is 618. The van der Waals surface area contributed by atoms with Crippen LogP contribution in [-0.2, 0) is 16.6 Å². The van der Waals surface area contributed by atoms with Crippen molar-refractivity contribution in [2.45, 2.75) is 36.7 Å². The number of piperidine rings is 1. The molecule has 0 amide bonds. The standard InChI is InChI=1S/C14H19ClN2O2S/c1-16-8-11-7-13(4-5-14(11)15)20(18,19)17-9-10-2-3-12(17)6-10/h4-5,7,10,12,16H,2-3,6,8-9H2,1H3. The first-order chi connectivity index (χ1) is 9.52. The quantitative estimate of drug-likeness (QED) is 0.927. The van der Waals surface area contributed by atoms with Gasteiger partial charge in [0.25, 0.3) is 0 Å². The van der Waals surface area contributed by atoms with Gasteiger partial charge in [-0.15, -0.1) is 0 Å². The maximum atomic E-state index is 12.8. The molecule has 2 aliphatic rings. The van der Waals surface area contributed by atoms with Crippen LogP contribution in [0.1, 0.15) is 24.8 Å². The van der Waals surface area contributed by atoms with Gasteiger partial charge in [0.05, 0.1) is 4.90 Å². The average molecular weight is 315 g/mol. The highest BCUT2D eigenvalue weighted by atomic mass is 35.5. The molecule has 2 atom stereocenters. The minimum atomic E-state index is -3.38. The van der Waals surface area contributed by atoms with Crippen LogP contribution in [0, 0.1) is 5.92 Å². The summed E-state index contributed by atoms with van der Waals surface area (Å²) in [6.07, 6.45) is 3.19. The monoisotopic (exact) mass is 314 g/mol. The van der Waals surface area contributed by atoms with Crippen molar-refractivity contribution in [1.29, 1.82) is 0 Å². The molecule has 1 aromatic rings. The molecule has 1 N–H and O–H groups in total. The van der Waals surface area contributed by atoms with E-state index < -0.39 is 10.0 Å². The lowest BCUT2D eigenvalue weighted by Crippen LogP contribution is -2.37. The highest BCUT2D eigenvalue weighted by molar-refractivity contribution is 7.89. The second kappa shape index (κ2) is 5.30. The van der Waals surface area contributed by atoms with Gasteiger partial charge < -0.3 is 5.32 Å². The molecule has 0 radical (unpaired) electrons. The Balaban J connectivity index is 1.93. The van der Waals surface area contributed by atoms with E-state index in [2.05, 4.69) is 5.32 Å². The highest BCUT2D eigenvalue weighted by Crippen LogP contribution is 2.40. The van der Waals surface area contributed by atoms with Crippen LogP contribution in [-0.4, -0.2) is 32.4 Å². The number of hydrogen-bond donors (Lipinski definition) is 1. The third-order valence-electron chi connectivity index (χ3n) is 4.35. The fraction of sp³-hybridized carbons (Fsp3) is 0.571. The normalized spacial score (nSPS) is 26.3. The molecule has 2 fully saturated rings. The fourth-order valence-electron chi connectivity index (χ4n) is 3.35. The first-order valence-electron chi connectivity index (χ1n) is 6.97. The molecule has 20 heavy (non-hydrogen) atoms. The van der Waals surface area contributed by atoms with Crippen LogP contribution in [0.4, 0.5) is 0 Å². The van der Waals surface area contributed by atoms with Gasteiger partial charge in [0, 0.05) is 24.2 Å².